The summed E-state index contributed by atoms with van der Waals surface area (Å²) in [4.78, 5) is 12.5. The maximum atomic E-state index is 12.5. The van der Waals surface area contributed by atoms with Gasteiger partial charge in [0.15, 0.2) is 17.3 Å². The van der Waals surface area contributed by atoms with Crippen molar-refractivity contribution >= 4 is 34.7 Å². The molecule has 1 amide bonds. The average molecular weight is 479 g/mol. The van der Waals surface area contributed by atoms with Crippen LogP contribution in [0.25, 0.3) is 11.0 Å². The lowest BCUT2D eigenvalue weighted by Gasteiger charge is -2.13. The number of ether oxygens (including phenoxy) is 3. The van der Waals surface area contributed by atoms with Gasteiger partial charge in [-0.05, 0) is 54.4 Å². The molecule has 34 heavy (non-hydrogen) atoms. The van der Waals surface area contributed by atoms with Gasteiger partial charge in [-0.15, -0.1) is 0 Å². The van der Waals surface area contributed by atoms with E-state index in [-0.39, 0.29) is 5.76 Å². The Morgan fingerprint density at radius 2 is 1.91 bits per heavy atom. The zero-order chi connectivity index (χ0) is 23.9. The third-order valence-corrected chi connectivity index (χ3v) is 5.16. The first-order valence-corrected chi connectivity index (χ1v) is 11.0. The van der Waals surface area contributed by atoms with Crippen molar-refractivity contribution < 1.29 is 23.4 Å². The van der Waals surface area contributed by atoms with E-state index in [2.05, 4.69) is 10.5 Å². The van der Waals surface area contributed by atoms with Gasteiger partial charge in [0.1, 0.15) is 17.9 Å². The Balaban J connectivity index is 1.43. The van der Waals surface area contributed by atoms with Crippen LogP contribution in [0.15, 0.2) is 76.2 Å². The van der Waals surface area contributed by atoms with Gasteiger partial charge in [-0.2, -0.15) is 5.10 Å². The summed E-state index contributed by atoms with van der Waals surface area (Å²) in [6.45, 7) is 2.81. The molecule has 3 aromatic carbocycles. The highest BCUT2D eigenvalue weighted by atomic mass is 35.5. The Bertz CT molecular complexity index is 1320. The molecular formula is C26H23ClN2O5. The fourth-order valence-corrected chi connectivity index (χ4v) is 3.57. The van der Waals surface area contributed by atoms with Crippen LogP contribution in [-0.2, 0) is 6.61 Å². The lowest BCUT2D eigenvalue weighted by Crippen LogP contribution is -2.16. The number of amides is 1. The number of halogens is 1. The second kappa shape index (κ2) is 10.8. The summed E-state index contributed by atoms with van der Waals surface area (Å²) < 4.78 is 22.4. The van der Waals surface area contributed by atoms with E-state index in [1.165, 1.54) is 13.3 Å². The lowest BCUT2D eigenvalue weighted by atomic mass is 10.2. The molecule has 0 aliphatic rings. The van der Waals surface area contributed by atoms with Crippen LogP contribution < -0.4 is 19.6 Å². The van der Waals surface area contributed by atoms with Crippen LogP contribution in [0.1, 0.15) is 28.6 Å². The minimum absolute atomic E-state index is 0.140. The van der Waals surface area contributed by atoms with Crippen molar-refractivity contribution in [2.24, 2.45) is 5.10 Å². The molecule has 4 aromatic rings. The quantitative estimate of drug-likeness (QED) is 0.241. The molecule has 7 nitrogen and oxygen atoms in total. The lowest BCUT2D eigenvalue weighted by molar-refractivity contribution is 0.0929. The molecular weight excluding hydrogens is 456 g/mol. The minimum Gasteiger partial charge on any atom is -0.494 e. The zero-order valence-electron chi connectivity index (χ0n) is 18.7. The first-order chi connectivity index (χ1) is 16.6. The van der Waals surface area contributed by atoms with E-state index >= 15 is 0 Å². The predicted octanol–water partition coefficient (Wildman–Crippen LogP) is 5.84. The predicted molar refractivity (Wildman–Crippen MR) is 131 cm³/mol. The van der Waals surface area contributed by atoms with E-state index in [9.17, 15) is 4.79 Å². The standard InChI is InChI=1S/C26H23ClN2O5/c1-3-32-20-9-10-22-19(13-20)14-24(34-22)26(30)29-28-15-18-11-21(27)25(23(12-18)31-2)33-16-17-7-5-4-6-8-17/h4-15H,3,16H2,1-2H3,(H,29,30)/b28-15+. The molecule has 0 spiro atoms. The van der Waals surface area contributed by atoms with Crippen molar-refractivity contribution in [1.82, 2.24) is 5.43 Å². The summed E-state index contributed by atoms with van der Waals surface area (Å²) in [5.41, 5.74) is 4.67. The monoisotopic (exact) mass is 478 g/mol. The van der Waals surface area contributed by atoms with Crippen molar-refractivity contribution in [3.63, 3.8) is 0 Å². The molecule has 0 aliphatic carbocycles. The number of rotatable bonds is 9. The van der Waals surface area contributed by atoms with Crippen LogP contribution in [-0.4, -0.2) is 25.8 Å². The maximum absolute atomic E-state index is 12.5. The molecule has 0 fully saturated rings. The van der Waals surface area contributed by atoms with E-state index in [1.807, 2.05) is 43.3 Å². The molecule has 0 bridgehead atoms. The normalized spacial score (nSPS) is 11.0. The number of carbonyl (C=O) groups is 1. The molecule has 1 aromatic heterocycles. The Labute approximate surface area is 201 Å². The van der Waals surface area contributed by atoms with E-state index in [0.717, 1.165) is 10.9 Å². The molecule has 0 aliphatic heterocycles. The molecule has 1 heterocycles. The molecule has 8 heteroatoms. The van der Waals surface area contributed by atoms with Crippen LogP contribution in [0, 0.1) is 0 Å². The van der Waals surface area contributed by atoms with Crippen molar-refractivity contribution in [2.75, 3.05) is 13.7 Å². The van der Waals surface area contributed by atoms with Gasteiger partial charge in [-0.1, -0.05) is 41.9 Å². The van der Waals surface area contributed by atoms with Crippen LogP contribution in [0.2, 0.25) is 5.02 Å². The first-order valence-electron chi connectivity index (χ1n) is 10.6. The topological polar surface area (TPSA) is 82.3 Å². The van der Waals surface area contributed by atoms with Gasteiger partial charge in [0.25, 0.3) is 0 Å². The van der Waals surface area contributed by atoms with E-state index in [1.54, 1.807) is 30.3 Å². The highest BCUT2D eigenvalue weighted by molar-refractivity contribution is 6.32. The average Bonchev–Trinajstić information content (AvgIpc) is 3.27. The number of hydrogen-bond acceptors (Lipinski definition) is 6. The van der Waals surface area contributed by atoms with Crippen molar-refractivity contribution in [3.05, 3.63) is 88.6 Å². The number of nitrogens with zero attached hydrogens (tertiary/aromatic N) is 1. The van der Waals surface area contributed by atoms with Crippen LogP contribution in [0.4, 0.5) is 0 Å². The Hall–Kier alpha value is -3.97. The Morgan fingerprint density at radius 3 is 2.68 bits per heavy atom. The first kappa shape index (κ1) is 23.2. The molecule has 1 N–H and O–H groups in total. The number of methoxy groups -OCH3 is 1. The van der Waals surface area contributed by atoms with Gasteiger partial charge in [0, 0.05) is 5.39 Å². The van der Waals surface area contributed by atoms with Crippen molar-refractivity contribution in [2.45, 2.75) is 13.5 Å². The smallest absolute Gasteiger partial charge is 0.307 e. The number of benzene rings is 3. The van der Waals surface area contributed by atoms with E-state index < -0.39 is 5.91 Å². The summed E-state index contributed by atoms with van der Waals surface area (Å²) in [6.07, 6.45) is 1.46. The van der Waals surface area contributed by atoms with Crippen LogP contribution in [0.3, 0.4) is 0 Å². The van der Waals surface area contributed by atoms with Gasteiger partial charge >= 0.3 is 5.91 Å². The molecule has 0 saturated heterocycles. The molecule has 0 radical (unpaired) electrons. The van der Waals surface area contributed by atoms with E-state index in [0.29, 0.717) is 46.6 Å². The van der Waals surface area contributed by atoms with Crippen LogP contribution >= 0.6 is 11.6 Å². The second-order valence-electron chi connectivity index (χ2n) is 7.25. The summed E-state index contributed by atoms with van der Waals surface area (Å²) in [7, 11) is 1.53. The number of hydrazone groups is 1. The third-order valence-electron chi connectivity index (χ3n) is 4.88. The fourth-order valence-electron chi connectivity index (χ4n) is 3.29. The summed E-state index contributed by atoms with van der Waals surface area (Å²) in [6, 6.07) is 20.2. The maximum Gasteiger partial charge on any atom is 0.307 e. The van der Waals surface area contributed by atoms with Crippen molar-refractivity contribution in [3.8, 4) is 17.2 Å². The highest BCUT2D eigenvalue weighted by Crippen LogP contribution is 2.36. The van der Waals surface area contributed by atoms with Gasteiger partial charge < -0.3 is 18.6 Å². The largest absolute Gasteiger partial charge is 0.494 e. The summed E-state index contributed by atoms with van der Waals surface area (Å²) >= 11 is 6.42. The van der Waals surface area contributed by atoms with Gasteiger partial charge in [0.2, 0.25) is 0 Å². The summed E-state index contributed by atoms with van der Waals surface area (Å²) in [5, 5.41) is 5.14. The fraction of sp³-hybridized carbons (Fsp3) is 0.154. The molecule has 174 valence electrons. The SMILES string of the molecule is CCOc1ccc2oc(C(=O)N/N=C/c3cc(Cl)c(OCc4ccccc4)c(OC)c3)cc2c1. The van der Waals surface area contributed by atoms with Gasteiger partial charge in [0.05, 0.1) is 25.0 Å². The zero-order valence-corrected chi connectivity index (χ0v) is 19.5. The Morgan fingerprint density at radius 1 is 1.09 bits per heavy atom. The number of hydrogen-bond donors (Lipinski definition) is 1. The van der Waals surface area contributed by atoms with Crippen molar-refractivity contribution in [1.29, 1.82) is 0 Å². The third kappa shape index (κ3) is 5.50. The second-order valence-corrected chi connectivity index (χ2v) is 7.66. The number of carbonyl (C=O) groups excluding carboxylic acids is 1. The number of nitrogens with one attached hydrogen (secondary N) is 1. The van der Waals surface area contributed by atoms with Gasteiger partial charge in [-0.25, -0.2) is 5.43 Å². The van der Waals surface area contributed by atoms with E-state index in [4.69, 9.17) is 30.2 Å². The summed E-state index contributed by atoms with van der Waals surface area (Å²) in [5.74, 6) is 1.26. The molecule has 4 rings (SSSR count). The Kier molecular flexibility index (Phi) is 7.34. The van der Waals surface area contributed by atoms with Gasteiger partial charge in [-0.3, -0.25) is 4.79 Å². The number of fused-ring (bicyclic) bond motifs is 1. The molecule has 0 unspecified atom stereocenters. The highest BCUT2D eigenvalue weighted by Gasteiger charge is 2.14. The minimum atomic E-state index is -0.480. The molecule has 0 atom stereocenters. The molecule has 0 saturated carbocycles. The van der Waals surface area contributed by atoms with Crippen LogP contribution in [0.5, 0.6) is 17.2 Å². The number of furan rings is 1.